The Bertz CT molecular complexity index is 775. The number of hydrogen-bond acceptors (Lipinski definition) is 2. The summed E-state index contributed by atoms with van der Waals surface area (Å²) in [6.45, 7) is 7.06. The minimum absolute atomic E-state index is 0.0418. The predicted molar refractivity (Wildman–Crippen MR) is 119 cm³/mol. The molecule has 0 fully saturated rings. The van der Waals surface area contributed by atoms with Crippen LogP contribution in [0.25, 0.3) is 0 Å². The summed E-state index contributed by atoms with van der Waals surface area (Å²) in [5, 5.41) is 3.68. The summed E-state index contributed by atoms with van der Waals surface area (Å²) < 4.78 is 0. The molecule has 0 aromatic heterocycles. The maximum atomic E-state index is 13.1. The molecule has 0 saturated carbocycles. The molecule has 5 heteroatoms. The first-order valence-corrected chi connectivity index (χ1v) is 10.6. The van der Waals surface area contributed by atoms with Crippen molar-refractivity contribution < 1.29 is 9.59 Å². The summed E-state index contributed by atoms with van der Waals surface area (Å²) in [4.78, 5) is 27.6. The van der Waals surface area contributed by atoms with E-state index in [4.69, 9.17) is 11.6 Å². The summed E-state index contributed by atoms with van der Waals surface area (Å²) in [6.07, 6.45) is 1.73. The van der Waals surface area contributed by atoms with Gasteiger partial charge in [-0.1, -0.05) is 74.8 Å². The van der Waals surface area contributed by atoms with Crippen molar-refractivity contribution in [1.29, 1.82) is 0 Å². The Morgan fingerprint density at radius 2 is 1.66 bits per heavy atom. The van der Waals surface area contributed by atoms with Crippen LogP contribution in [-0.2, 0) is 22.6 Å². The van der Waals surface area contributed by atoms with Gasteiger partial charge in [-0.25, -0.2) is 0 Å². The highest BCUT2D eigenvalue weighted by Crippen LogP contribution is 2.17. The second kappa shape index (κ2) is 11.6. The molecule has 0 aliphatic carbocycles. The Balaban J connectivity index is 2.27. The van der Waals surface area contributed by atoms with Gasteiger partial charge in [-0.2, -0.15) is 0 Å². The molecule has 2 rings (SSSR count). The van der Waals surface area contributed by atoms with Crippen molar-refractivity contribution in [2.24, 2.45) is 5.92 Å². The van der Waals surface area contributed by atoms with E-state index in [9.17, 15) is 9.59 Å². The summed E-state index contributed by atoms with van der Waals surface area (Å²) in [5.74, 6) is 0.357. The van der Waals surface area contributed by atoms with Crippen LogP contribution in [0.15, 0.2) is 54.6 Å². The average molecular weight is 415 g/mol. The van der Waals surface area contributed by atoms with Gasteiger partial charge in [-0.05, 0) is 35.6 Å². The number of nitrogens with one attached hydrogen (secondary N) is 1. The first kappa shape index (κ1) is 23.0. The molecule has 2 aromatic rings. The van der Waals surface area contributed by atoms with Gasteiger partial charge in [0.05, 0.1) is 0 Å². The van der Waals surface area contributed by atoms with Gasteiger partial charge in [0.1, 0.15) is 6.04 Å². The van der Waals surface area contributed by atoms with Crippen LogP contribution in [0.3, 0.4) is 0 Å². The first-order chi connectivity index (χ1) is 13.9. The molecule has 2 aromatic carbocycles. The molecule has 0 spiro atoms. The maximum absolute atomic E-state index is 13.1. The van der Waals surface area contributed by atoms with Crippen LogP contribution >= 0.6 is 11.6 Å². The van der Waals surface area contributed by atoms with Gasteiger partial charge in [0, 0.05) is 31.0 Å². The van der Waals surface area contributed by atoms with Crippen LogP contribution in [0, 0.1) is 5.92 Å². The molecule has 0 unspecified atom stereocenters. The summed E-state index contributed by atoms with van der Waals surface area (Å²) >= 11 is 6.00. The van der Waals surface area contributed by atoms with Gasteiger partial charge < -0.3 is 10.2 Å². The zero-order chi connectivity index (χ0) is 21.2. The molecule has 0 aliphatic rings. The van der Waals surface area contributed by atoms with Crippen LogP contribution in [0.2, 0.25) is 5.02 Å². The largest absolute Gasteiger partial charge is 0.354 e. The van der Waals surface area contributed by atoms with Gasteiger partial charge in [0.2, 0.25) is 11.8 Å². The number of hydrogen-bond donors (Lipinski definition) is 1. The number of amides is 2. The molecule has 4 nitrogen and oxygen atoms in total. The second-order valence-corrected chi connectivity index (χ2v) is 8.12. The van der Waals surface area contributed by atoms with Gasteiger partial charge in [-0.15, -0.1) is 0 Å². The molecule has 0 heterocycles. The van der Waals surface area contributed by atoms with Crippen molar-refractivity contribution in [3.63, 3.8) is 0 Å². The molecule has 2 amide bonds. The van der Waals surface area contributed by atoms with Gasteiger partial charge in [0.15, 0.2) is 0 Å². The van der Waals surface area contributed by atoms with Crippen LogP contribution in [0.4, 0.5) is 0 Å². The number of benzene rings is 2. The van der Waals surface area contributed by atoms with Crippen molar-refractivity contribution in [3.8, 4) is 0 Å². The summed E-state index contributed by atoms with van der Waals surface area (Å²) in [6, 6.07) is 16.7. The van der Waals surface area contributed by atoms with Crippen LogP contribution in [0.1, 0.15) is 44.7 Å². The Hall–Kier alpha value is -2.33. The van der Waals surface area contributed by atoms with E-state index < -0.39 is 6.04 Å². The predicted octanol–water partition coefficient (Wildman–Crippen LogP) is 4.85. The SMILES string of the molecule is CCC(=O)N(Cc1ccc(Cl)cc1)[C@H](Cc1ccccc1)C(=O)NCCC(C)C. The van der Waals surface area contributed by atoms with Crippen molar-refractivity contribution in [1.82, 2.24) is 10.2 Å². The topological polar surface area (TPSA) is 49.4 Å². The van der Waals surface area contributed by atoms with Crippen molar-refractivity contribution in [2.75, 3.05) is 6.54 Å². The maximum Gasteiger partial charge on any atom is 0.243 e. The second-order valence-electron chi connectivity index (χ2n) is 7.68. The van der Waals surface area contributed by atoms with Crippen molar-refractivity contribution in [2.45, 2.75) is 52.6 Å². The highest BCUT2D eigenvalue weighted by molar-refractivity contribution is 6.30. The van der Waals surface area contributed by atoms with Gasteiger partial charge >= 0.3 is 0 Å². The molecule has 1 atom stereocenters. The smallest absolute Gasteiger partial charge is 0.243 e. The lowest BCUT2D eigenvalue weighted by Crippen LogP contribution is -2.50. The molecule has 0 bridgehead atoms. The number of carbonyl (C=O) groups is 2. The Morgan fingerprint density at radius 3 is 2.24 bits per heavy atom. The quantitative estimate of drug-likeness (QED) is 0.604. The van der Waals surface area contributed by atoms with Crippen molar-refractivity contribution >= 4 is 23.4 Å². The normalized spacial score (nSPS) is 11.9. The highest BCUT2D eigenvalue weighted by atomic mass is 35.5. The van der Waals surface area contributed by atoms with Gasteiger partial charge in [0.25, 0.3) is 0 Å². The third kappa shape index (κ3) is 7.54. The molecule has 1 N–H and O–H groups in total. The zero-order valence-corrected chi connectivity index (χ0v) is 18.3. The van der Waals surface area contributed by atoms with Crippen molar-refractivity contribution in [3.05, 3.63) is 70.7 Å². The molecule has 0 aliphatic heterocycles. The summed E-state index contributed by atoms with van der Waals surface area (Å²) in [5.41, 5.74) is 1.98. The Labute approximate surface area is 179 Å². The van der Waals surface area contributed by atoms with E-state index in [1.807, 2.05) is 49.4 Å². The average Bonchev–Trinajstić information content (AvgIpc) is 2.71. The highest BCUT2D eigenvalue weighted by Gasteiger charge is 2.29. The molecule has 0 radical (unpaired) electrons. The molecular weight excluding hydrogens is 384 g/mol. The molecular formula is C24H31ClN2O2. The van der Waals surface area contributed by atoms with Crippen LogP contribution in [-0.4, -0.2) is 29.3 Å². The van der Waals surface area contributed by atoms with E-state index in [2.05, 4.69) is 19.2 Å². The van der Waals surface area contributed by atoms with E-state index in [1.54, 1.807) is 17.0 Å². The van der Waals surface area contributed by atoms with E-state index in [0.29, 0.717) is 36.9 Å². The number of rotatable bonds is 10. The van der Waals surface area contributed by atoms with Crippen LogP contribution < -0.4 is 5.32 Å². The minimum Gasteiger partial charge on any atom is -0.354 e. The van der Waals surface area contributed by atoms with E-state index in [-0.39, 0.29) is 11.8 Å². The Morgan fingerprint density at radius 1 is 1.00 bits per heavy atom. The third-order valence-electron chi connectivity index (χ3n) is 4.86. The standard InChI is InChI=1S/C24H31ClN2O2/c1-4-23(28)27(17-20-10-12-21(25)13-11-20)22(16-19-8-6-5-7-9-19)24(29)26-15-14-18(2)3/h5-13,18,22H,4,14-17H2,1-3H3,(H,26,29)/t22-/m1/s1. The number of carbonyl (C=O) groups excluding carboxylic acids is 2. The Kier molecular flexibility index (Phi) is 9.20. The fraction of sp³-hybridized carbons (Fsp3) is 0.417. The number of nitrogens with zero attached hydrogens (tertiary/aromatic N) is 1. The summed E-state index contributed by atoms with van der Waals surface area (Å²) in [7, 11) is 0. The lowest BCUT2D eigenvalue weighted by atomic mass is 10.0. The third-order valence-corrected chi connectivity index (χ3v) is 5.11. The lowest BCUT2D eigenvalue weighted by Gasteiger charge is -2.31. The van der Waals surface area contributed by atoms with E-state index >= 15 is 0 Å². The van der Waals surface area contributed by atoms with E-state index in [0.717, 1.165) is 17.5 Å². The first-order valence-electron chi connectivity index (χ1n) is 10.3. The minimum atomic E-state index is -0.562. The lowest BCUT2D eigenvalue weighted by molar-refractivity contribution is -0.141. The van der Waals surface area contributed by atoms with Crippen LogP contribution in [0.5, 0.6) is 0 Å². The fourth-order valence-corrected chi connectivity index (χ4v) is 3.27. The monoisotopic (exact) mass is 414 g/mol. The molecule has 156 valence electrons. The molecule has 0 saturated heterocycles. The van der Waals surface area contributed by atoms with E-state index in [1.165, 1.54) is 0 Å². The van der Waals surface area contributed by atoms with Gasteiger partial charge in [-0.3, -0.25) is 9.59 Å². The fourth-order valence-electron chi connectivity index (χ4n) is 3.15. The zero-order valence-electron chi connectivity index (χ0n) is 17.5. The molecule has 29 heavy (non-hydrogen) atoms. The number of halogens is 1.